The molecule has 1 aromatic rings. The van der Waals surface area contributed by atoms with Crippen LogP contribution in [0.25, 0.3) is 0 Å². The van der Waals surface area contributed by atoms with Crippen LogP contribution in [-0.2, 0) is 0 Å². The van der Waals surface area contributed by atoms with E-state index in [1.54, 1.807) is 18.9 Å². The summed E-state index contributed by atoms with van der Waals surface area (Å²) in [4.78, 5) is 0.964. The molecule has 1 aromatic carbocycles. The smallest absolute Gasteiger partial charge is 0.135 e. The van der Waals surface area contributed by atoms with E-state index in [0.717, 1.165) is 16.2 Å². The van der Waals surface area contributed by atoms with Gasteiger partial charge in [-0.2, -0.15) is 0 Å². The van der Waals surface area contributed by atoms with E-state index in [1.165, 1.54) is 0 Å². The van der Waals surface area contributed by atoms with Gasteiger partial charge in [0.15, 0.2) is 0 Å². The normalized spacial score (nSPS) is 11.6. The van der Waals surface area contributed by atoms with Crippen LogP contribution < -0.4 is 4.74 Å². The lowest BCUT2D eigenvalue weighted by Gasteiger charge is -2.23. The molecule has 0 fully saturated rings. The second-order valence-electron chi connectivity index (χ2n) is 4.27. The molecular weight excluding hydrogens is 244 g/mol. The number of halogens is 1. The molecule has 2 nitrogen and oxygen atoms in total. The first-order valence-corrected chi connectivity index (χ1v) is 6.23. The summed E-state index contributed by atoms with van der Waals surface area (Å²) in [6, 6.07) is 3.74. The van der Waals surface area contributed by atoms with Crippen LogP contribution in [0.15, 0.2) is 17.0 Å². The van der Waals surface area contributed by atoms with Crippen LogP contribution >= 0.6 is 23.4 Å². The second kappa shape index (κ2) is 5.30. The first kappa shape index (κ1) is 13.7. The van der Waals surface area contributed by atoms with Crippen molar-refractivity contribution >= 4 is 23.4 Å². The van der Waals surface area contributed by atoms with Gasteiger partial charge in [0.2, 0.25) is 0 Å². The molecular formula is C12H17ClO2S. The minimum absolute atomic E-state index is 0.104. The predicted molar refractivity (Wildman–Crippen MR) is 69.8 cm³/mol. The van der Waals surface area contributed by atoms with E-state index in [-0.39, 0.29) is 11.4 Å². The van der Waals surface area contributed by atoms with Gasteiger partial charge in [0, 0.05) is 9.77 Å². The van der Waals surface area contributed by atoms with Gasteiger partial charge in [-0.25, -0.2) is 0 Å². The highest BCUT2D eigenvalue weighted by Gasteiger charge is 2.21. The van der Waals surface area contributed by atoms with Crippen LogP contribution in [0.3, 0.4) is 0 Å². The molecule has 16 heavy (non-hydrogen) atoms. The molecule has 0 aliphatic heterocycles. The van der Waals surface area contributed by atoms with E-state index >= 15 is 0 Å². The van der Waals surface area contributed by atoms with Crippen molar-refractivity contribution in [1.29, 1.82) is 0 Å². The number of aryl methyl sites for hydroxylation is 1. The fraction of sp³-hybridized carbons (Fsp3) is 0.500. The van der Waals surface area contributed by atoms with Gasteiger partial charge in [0.1, 0.15) is 5.75 Å². The monoisotopic (exact) mass is 260 g/mol. The Hall–Kier alpha value is -0.380. The van der Waals surface area contributed by atoms with Crippen LogP contribution in [0, 0.1) is 6.92 Å². The van der Waals surface area contributed by atoms with E-state index in [1.807, 2.05) is 32.9 Å². The minimum atomic E-state index is -0.246. The van der Waals surface area contributed by atoms with Crippen LogP contribution in [0.5, 0.6) is 5.75 Å². The molecule has 0 aromatic heterocycles. The van der Waals surface area contributed by atoms with Gasteiger partial charge in [-0.1, -0.05) is 11.6 Å². The lowest BCUT2D eigenvalue weighted by molar-refractivity contribution is 0.265. The lowest BCUT2D eigenvalue weighted by Crippen LogP contribution is -2.19. The molecule has 0 aliphatic rings. The second-order valence-corrected chi connectivity index (χ2v) is 6.46. The van der Waals surface area contributed by atoms with E-state index < -0.39 is 0 Å². The maximum absolute atomic E-state index is 9.26. The van der Waals surface area contributed by atoms with Gasteiger partial charge >= 0.3 is 0 Å². The molecule has 0 heterocycles. The number of aliphatic hydroxyl groups excluding tert-OH is 1. The van der Waals surface area contributed by atoms with Gasteiger partial charge < -0.3 is 9.84 Å². The fourth-order valence-electron chi connectivity index (χ4n) is 1.37. The Kier molecular flexibility index (Phi) is 4.53. The topological polar surface area (TPSA) is 29.5 Å². The Morgan fingerprint density at radius 3 is 2.56 bits per heavy atom. The zero-order chi connectivity index (χ0) is 12.3. The average Bonchev–Trinajstić information content (AvgIpc) is 2.16. The summed E-state index contributed by atoms with van der Waals surface area (Å²) in [5.74, 6) is 0.830. The van der Waals surface area contributed by atoms with Gasteiger partial charge in [0.05, 0.1) is 18.6 Å². The number of hydrogen-bond acceptors (Lipinski definition) is 3. The number of aliphatic hydroxyl groups is 1. The molecule has 0 amide bonds. The van der Waals surface area contributed by atoms with E-state index in [0.29, 0.717) is 5.02 Å². The Bertz CT molecular complexity index is 378. The zero-order valence-corrected chi connectivity index (χ0v) is 11.6. The molecule has 0 saturated heterocycles. The Balaban J connectivity index is 3.12. The zero-order valence-electron chi connectivity index (χ0n) is 10.0. The number of thioether (sulfide) groups is 1. The standard InChI is InChI=1S/C12H17ClO2S/c1-8-5-9(13)6-10(11(8)15-4)16-12(2,3)7-14/h5-6,14H,7H2,1-4H3. The summed E-state index contributed by atoms with van der Waals surface area (Å²) in [5.41, 5.74) is 1.01. The average molecular weight is 261 g/mol. The van der Waals surface area contributed by atoms with E-state index in [9.17, 15) is 5.11 Å². The summed E-state index contributed by atoms with van der Waals surface area (Å²) >= 11 is 7.59. The highest BCUT2D eigenvalue weighted by molar-refractivity contribution is 8.00. The number of ether oxygens (including phenoxy) is 1. The molecule has 0 radical (unpaired) electrons. The molecule has 0 bridgehead atoms. The molecule has 4 heteroatoms. The van der Waals surface area contributed by atoms with Crippen molar-refractivity contribution in [3.05, 3.63) is 22.7 Å². The Morgan fingerprint density at radius 1 is 1.44 bits per heavy atom. The Labute approximate surface area is 106 Å². The molecule has 1 N–H and O–H groups in total. The highest BCUT2D eigenvalue weighted by atomic mass is 35.5. The summed E-state index contributed by atoms with van der Waals surface area (Å²) < 4.78 is 5.11. The van der Waals surface area contributed by atoms with Crippen molar-refractivity contribution in [2.75, 3.05) is 13.7 Å². The first-order chi connectivity index (χ1) is 7.39. The predicted octanol–water partition coefficient (Wildman–Crippen LogP) is 3.52. The third-order valence-electron chi connectivity index (χ3n) is 2.18. The number of methoxy groups -OCH3 is 1. The van der Waals surface area contributed by atoms with Crippen LogP contribution in [0.2, 0.25) is 5.02 Å². The number of hydrogen-bond donors (Lipinski definition) is 1. The van der Waals surface area contributed by atoms with E-state index in [4.69, 9.17) is 16.3 Å². The van der Waals surface area contributed by atoms with E-state index in [2.05, 4.69) is 0 Å². The maximum Gasteiger partial charge on any atom is 0.135 e. The van der Waals surface area contributed by atoms with Gasteiger partial charge in [-0.05, 0) is 38.5 Å². The van der Waals surface area contributed by atoms with Crippen molar-refractivity contribution < 1.29 is 9.84 Å². The van der Waals surface area contributed by atoms with Crippen molar-refractivity contribution in [3.8, 4) is 5.75 Å². The summed E-state index contributed by atoms with van der Waals surface area (Å²) in [5, 5.41) is 9.95. The van der Waals surface area contributed by atoms with Crippen LogP contribution in [-0.4, -0.2) is 23.6 Å². The van der Waals surface area contributed by atoms with Gasteiger partial charge in [-0.15, -0.1) is 11.8 Å². The summed E-state index contributed by atoms with van der Waals surface area (Å²) in [7, 11) is 1.65. The number of rotatable bonds is 4. The molecule has 0 unspecified atom stereocenters. The largest absolute Gasteiger partial charge is 0.495 e. The summed E-state index contributed by atoms with van der Waals surface area (Å²) in [6.07, 6.45) is 0. The van der Waals surface area contributed by atoms with Crippen molar-refractivity contribution in [2.45, 2.75) is 30.4 Å². The van der Waals surface area contributed by atoms with Crippen LogP contribution in [0.1, 0.15) is 19.4 Å². The molecule has 1 rings (SSSR count). The number of benzene rings is 1. The molecule has 0 atom stereocenters. The lowest BCUT2D eigenvalue weighted by atomic mass is 10.2. The SMILES string of the molecule is COc1c(C)cc(Cl)cc1SC(C)(C)CO. The maximum atomic E-state index is 9.26. The third-order valence-corrected chi connectivity index (χ3v) is 3.60. The van der Waals surface area contributed by atoms with Crippen molar-refractivity contribution in [3.63, 3.8) is 0 Å². The minimum Gasteiger partial charge on any atom is -0.495 e. The molecule has 0 spiro atoms. The molecule has 90 valence electrons. The van der Waals surface area contributed by atoms with Gasteiger partial charge in [0.25, 0.3) is 0 Å². The quantitative estimate of drug-likeness (QED) is 0.840. The fourth-order valence-corrected chi connectivity index (χ4v) is 2.89. The van der Waals surface area contributed by atoms with Gasteiger partial charge in [-0.3, -0.25) is 0 Å². The third kappa shape index (κ3) is 3.30. The highest BCUT2D eigenvalue weighted by Crippen LogP contribution is 2.41. The molecule has 0 aliphatic carbocycles. The van der Waals surface area contributed by atoms with Crippen LogP contribution in [0.4, 0.5) is 0 Å². The Morgan fingerprint density at radius 2 is 2.06 bits per heavy atom. The van der Waals surface area contributed by atoms with Crippen molar-refractivity contribution in [1.82, 2.24) is 0 Å². The summed E-state index contributed by atoms with van der Waals surface area (Å²) in [6.45, 7) is 6.02. The van der Waals surface area contributed by atoms with Crippen molar-refractivity contribution in [2.24, 2.45) is 0 Å². The first-order valence-electron chi connectivity index (χ1n) is 5.03. The molecule has 0 saturated carbocycles.